The van der Waals surface area contributed by atoms with Gasteiger partial charge in [0, 0.05) is 24.7 Å². The third-order valence-corrected chi connectivity index (χ3v) is 3.04. The number of nitrogens with one attached hydrogen (secondary N) is 2. The Kier molecular flexibility index (Phi) is 3.90. The molecular weight excluding hydrogens is 240 g/mol. The molecule has 4 heteroatoms. The number of rotatable bonds is 5. The summed E-state index contributed by atoms with van der Waals surface area (Å²) in [5.74, 6) is -0.0826. The summed E-state index contributed by atoms with van der Waals surface area (Å²) in [6.45, 7) is 6.99. The molecule has 2 N–H and O–H groups in total. The molecule has 1 aromatic heterocycles. The van der Waals surface area contributed by atoms with Gasteiger partial charge in [-0.05, 0) is 32.9 Å². The summed E-state index contributed by atoms with van der Waals surface area (Å²) in [6, 6.07) is 7.64. The number of benzene rings is 1. The number of amides is 1. The van der Waals surface area contributed by atoms with E-state index in [0.29, 0.717) is 18.7 Å². The number of para-hydroxylation sites is 1. The largest absolute Gasteiger partial charge is 0.374 e. The van der Waals surface area contributed by atoms with Crippen LogP contribution in [-0.4, -0.2) is 29.6 Å². The topological polar surface area (TPSA) is 54.1 Å². The highest BCUT2D eigenvalue weighted by Crippen LogP contribution is 2.17. The van der Waals surface area contributed by atoms with Crippen molar-refractivity contribution in [3.05, 3.63) is 36.0 Å². The maximum absolute atomic E-state index is 12.2. The molecule has 0 aliphatic heterocycles. The molecule has 0 fully saturated rings. The van der Waals surface area contributed by atoms with Crippen molar-refractivity contribution in [3.63, 3.8) is 0 Å². The highest BCUT2D eigenvalue weighted by molar-refractivity contribution is 6.05. The Morgan fingerprint density at radius 2 is 2.16 bits per heavy atom. The maximum atomic E-state index is 12.2. The molecule has 0 unspecified atom stereocenters. The molecule has 0 bridgehead atoms. The number of fused-ring (bicyclic) bond motifs is 1. The smallest absolute Gasteiger partial charge is 0.253 e. The van der Waals surface area contributed by atoms with Crippen LogP contribution in [0.5, 0.6) is 0 Å². The van der Waals surface area contributed by atoms with Gasteiger partial charge >= 0.3 is 0 Å². The van der Waals surface area contributed by atoms with E-state index in [1.54, 1.807) is 0 Å². The van der Waals surface area contributed by atoms with Crippen LogP contribution < -0.4 is 5.32 Å². The van der Waals surface area contributed by atoms with Crippen molar-refractivity contribution in [3.8, 4) is 0 Å². The molecule has 2 aromatic rings. The van der Waals surface area contributed by atoms with E-state index in [1.165, 1.54) is 0 Å². The molecule has 19 heavy (non-hydrogen) atoms. The molecule has 0 saturated carbocycles. The lowest BCUT2D eigenvalue weighted by atomic mass is 10.1. The summed E-state index contributed by atoms with van der Waals surface area (Å²) in [5.41, 5.74) is 1.18. The zero-order chi connectivity index (χ0) is 13.9. The Hall–Kier alpha value is -1.81. The molecule has 0 spiro atoms. The van der Waals surface area contributed by atoms with Gasteiger partial charge in [-0.15, -0.1) is 0 Å². The third-order valence-electron chi connectivity index (χ3n) is 3.04. The Morgan fingerprint density at radius 3 is 2.89 bits per heavy atom. The van der Waals surface area contributed by atoms with Gasteiger partial charge in [0.15, 0.2) is 0 Å². The van der Waals surface area contributed by atoms with E-state index in [4.69, 9.17) is 4.74 Å². The quantitative estimate of drug-likeness (QED) is 0.868. The SMILES string of the molecule is CCOC(C)(C)CNC(=O)c1cccc2cc[nH]c12. The number of hydrogen-bond acceptors (Lipinski definition) is 2. The van der Waals surface area contributed by atoms with E-state index in [9.17, 15) is 4.79 Å². The minimum Gasteiger partial charge on any atom is -0.374 e. The maximum Gasteiger partial charge on any atom is 0.253 e. The molecule has 0 aliphatic rings. The summed E-state index contributed by atoms with van der Waals surface area (Å²) in [4.78, 5) is 15.3. The second-order valence-electron chi connectivity index (χ2n) is 5.12. The van der Waals surface area contributed by atoms with Crippen LogP contribution in [-0.2, 0) is 4.74 Å². The zero-order valence-electron chi connectivity index (χ0n) is 11.6. The first-order chi connectivity index (χ1) is 9.03. The molecule has 102 valence electrons. The Labute approximate surface area is 113 Å². The molecule has 0 atom stereocenters. The average molecular weight is 260 g/mol. The number of carbonyl (C=O) groups excluding carboxylic acids is 1. The first-order valence-corrected chi connectivity index (χ1v) is 6.52. The highest BCUT2D eigenvalue weighted by atomic mass is 16.5. The van der Waals surface area contributed by atoms with Crippen molar-refractivity contribution in [1.29, 1.82) is 0 Å². The molecule has 1 aromatic carbocycles. The molecule has 1 amide bonds. The van der Waals surface area contributed by atoms with E-state index < -0.39 is 0 Å². The molecule has 1 heterocycles. The zero-order valence-corrected chi connectivity index (χ0v) is 11.6. The van der Waals surface area contributed by atoms with Gasteiger partial charge in [0.05, 0.1) is 16.7 Å². The predicted octanol–water partition coefficient (Wildman–Crippen LogP) is 2.71. The molecule has 0 aliphatic carbocycles. The van der Waals surface area contributed by atoms with Gasteiger partial charge in [0.1, 0.15) is 0 Å². The van der Waals surface area contributed by atoms with E-state index in [0.717, 1.165) is 10.9 Å². The summed E-state index contributed by atoms with van der Waals surface area (Å²) in [6.07, 6.45) is 1.84. The van der Waals surface area contributed by atoms with Gasteiger partial charge < -0.3 is 15.0 Å². The van der Waals surface area contributed by atoms with Crippen LogP contribution in [0, 0.1) is 0 Å². The summed E-state index contributed by atoms with van der Waals surface area (Å²) >= 11 is 0. The van der Waals surface area contributed by atoms with Crippen LogP contribution in [0.3, 0.4) is 0 Å². The van der Waals surface area contributed by atoms with Crippen molar-refractivity contribution in [2.75, 3.05) is 13.2 Å². The van der Waals surface area contributed by atoms with Crippen molar-refractivity contribution < 1.29 is 9.53 Å². The Balaban J connectivity index is 2.10. The lowest BCUT2D eigenvalue weighted by molar-refractivity contribution is -0.00814. The lowest BCUT2D eigenvalue weighted by Gasteiger charge is -2.24. The van der Waals surface area contributed by atoms with Crippen LogP contribution in [0.1, 0.15) is 31.1 Å². The van der Waals surface area contributed by atoms with Gasteiger partial charge in [-0.1, -0.05) is 12.1 Å². The second kappa shape index (κ2) is 5.45. The van der Waals surface area contributed by atoms with Crippen LogP contribution >= 0.6 is 0 Å². The fraction of sp³-hybridized carbons (Fsp3) is 0.400. The monoisotopic (exact) mass is 260 g/mol. The van der Waals surface area contributed by atoms with E-state index in [-0.39, 0.29) is 11.5 Å². The molecular formula is C15H20N2O2. The fourth-order valence-corrected chi connectivity index (χ4v) is 2.10. The lowest BCUT2D eigenvalue weighted by Crippen LogP contribution is -2.40. The van der Waals surface area contributed by atoms with Gasteiger partial charge in [0.25, 0.3) is 5.91 Å². The number of carbonyl (C=O) groups is 1. The van der Waals surface area contributed by atoms with Crippen LogP contribution in [0.2, 0.25) is 0 Å². The number of H-pyrrole nitrogens is 1. The van der Waals surface area contributed by atoms with Crippen molar-refractivity contribution in [2.24, 2.45) is 0 Å². The first-order valence-electron chi connectivity index (χ1n) is 6.52. The molecule has 0 radical (unpaired) electrons. The number of aromatic amines is 1. The Bertz CT molecular complexity index is 572. The van der Waals surface area contributed by atoms with Crippen LogP contribution in [0.4, 0.5) is 0 Å². The second-order valence-corrected chi connectivity index (χ2v) is 5.12. The minimum atomic E-state index is -0.353. The number of aromatic nitrogens is 1. The first kappa shape index (κ1) is 13.6. The third kappa shape index (κ3) is 3.15. The van der Waals surface area contributed by atoms with Crippen LogP contribution in [0.25, 0.3) is 10.9 Å². The summed E-state index contributed by atoms with van der Waals surface area (Å²) in [5, 5.41) is 3.96. The molecule has 4 nitrogen and oxygen atoms in total. The van der Waals surface area contributed by atoms with Crippen molar-refractivity contribution in [2.45, 2.75) is 26.4 Å². The number of hydrogen-bond donors (Lipinski definition) is 2. The van der Waals surface area contributed by atoms with E-state index in [1.807, 2.05) is 51.2 Å². The van der Waals surface area contributed by atoms with Crippen molar-refractivity contribution in [1.82, 2.24) is 10.3 Å². The highest BCUT2D eigenvalue weighted by Gasteiger charge is 2.19. The summed E-state index contributed by atoms with van der Waals surface area (Å²) in [7, 11) is 0. The number of ether oxygens (including phenoxy) is 1. The average Bonchev–Trinajstić information content (AvgIpc) is 2.84. The summed E-state index contributed by atoms with van der Waals surface area (Å²) < 4.78 is 5.57. The minimum absolute atomic E-state index is 0.0826. The Morgan fingerprint density at radius 1 is 1.37 bits per heavy atom. The fourth-order valence-electron chi connectivity index (χ4n) is 2.10. The normalized spacial score (nSPS) is 11.7. The molecule has 2 rings (SSSR count). The predicted molar refractivity (Wildman–Crippen MR) is 76.3 cm³/mol. The molecule has 0 saturated heterocycles. The van der Waals surface area contributed by atoms with Gasteiger partial charge in [-0.2, -0.15) is 0 Å². The van der Waals surface area contributed by atoms with Gasteiger partial charge in [-0.3, -0.25) is 4.79 Å². The van der Waals surface area contributed by atoms with E-state index >= 15 is 0 Å². The van der Waals surface area contributed by atoms with Crippen molar-refractivity contribution >= 4 is 16.8 Å². The van der Waals surface area contributed by atoms with E-state index in [2.05, 4.69) is 10.3 Å². The van der Waals surface area contributed by atoms with Gasteiger partial charge in [-0.25, -0.2) is 0 Å². The van der Waals surface area contributed by atoms with Gasteiger partial charge in [0.2, 0.25) is 0 Å². The van der Waals surface area contributed by atoms with Crippen LogP contribution in [0.15, 0.2) is 30.5 Å². The standard InChI is InChI=1S/C15H20N2O2/c1-4-19-15(2,3)10-17-14(18)12-7-5-6-11-8-9-16-13(11)12/h5-9,16H,4,10H2,1-3H3,(H,17,18).